The van der Waals surface area contributed by atoms with Crippen LogP contribution in [0.4, 0.5) is 5.69 Å². The number of benzene rings is 2. The fourth-order valence-electron chi connectivity index (χ4n) is 4.84. The summed E-state index contributed by atoms with van der Waals surface area (Å²) in [7, 11) is 0. The molecule has 3 heterocycles. The van der Waals surface area contributed by atoms with E-state index < -0.39 is 0 Å². The van der Waals surface area contributed by atoms with E-state index in [1.54, 1.807) is 0 Å². The van der Waals surface area contributed by atoms with Gasteiger partial charge in [0.15, 0.2) is 0 Å². The number of imidazole rings is 1. The van der Waals surface area contributed by atoms with E-state index in [0.29, 0.717) is 39.3 Å². The molecule has 2 fully saturated rings. The molecule has 2 saturated heterocycles. The summed E-state index contributed by atoms with van der Waals surface area (Å²) in [5.41, 5.74) is 5.01. The van der Waals surface area contributed by atoms with Gasteiger partial charge in [0.2, 0.25) is 11.8 Å². The van der Waals surface area contributed by atoms with E-state index in [1.165, 1.54) is 5.56 Å². The summed E-state index contributed by atoms with van der Waals surface area (Å²) in [5, 5.41) is 0. The van der Waals surface area contributed by atoms with Crippen LogP contribution in [0.15, 0.2) is 42.5 Å². The zero-order chi connectivity index (χ0) is 22.2. The van der Waals surface area contributed by atoms with Gasteiger partial charge < -0.3 is 19.1 Å². The van der Waals surface area contributed by atoms with Gasteiger partial charge in [-0.3, -0.25) is 9.59 Å². The first-order chi connectivity index (χ1) is 15.5. The Labute approximate surface area is 187 Å². The first-order valence-corrected chi connectivity index (χ1v) is 11.2. The largest absolute Gasteiger partial charge is 0.378 e. The van der Waals surface area contributed by atoms with Gasteiger partial charge in [-0.05, 0) is 37.6 Å². The van der Waals surface area contributed by atoms with Gasteiger partial charge in [-0.25, -0.2) is 4.98 Å². The number of ether oxygens (including phenoxy) is 1. The van der Waals surface area contributed by atoms with E-state index in [1.807, 2.05) is 57.7 Å². The Morgan fingerprint density at radius 2 is 1.91 bits per heavy atom. The maximum absolute atomic E-state index is 13.0. The molecule has 5 rings (SSSR count). The second-order valence-electron chi connectivity index (χ2n) is 8.73. The molecule has 0 spiro atoms. The van der Waals surface area contributed by atoms with E-state index in [2.05, 4.69) is 13.0 Å². The van der Waals surface area contributed by atoms with Gasteiger partial charge in [0.1, 0.15) is 12.4 Å². The van der Waals surface area contributed by atoms with Crippen LogP contribution in [-0.4, -0.2) is 59.1 Å². The molecule has 1 atom stereocenters. The topological polar surface area (TPSA) is 67.7 Å². The van der Waals surface area contributed by atoms with Crippen LogP contribution >= 0.6 is 0 Å². The molecule has 2 aromatic carbocycles. The summed E-state index contributed by atoms with van der Waals surface area (Å²) in [6, 6.07) is 14.0. The third-order valence-electron chi connectivity index (χ3n) is 6.47. The van der Waals surface area contributed by atoms with Gasteiger partial charge in [-0.15, -0.1) is 0 Å². The molecule has 32 heavy (non-hydrogen) atoms. The maximum Gasteiger partial charge on any atom is 0.242 e. The average molecular weight is 433 g/mol. The van der Waals surface area contributed by atoms with Crippen LogP contribution in [0.1, 0.15) is 29.3 Å². The lowest BCUT2D eigenvalue weighted by atomic mass is 10.1. The molecule has 2 aliphatic heterocycles. The van der Waals surface area contributed by atoms with Crippen molar-refractivity contribution in [1.29, 1.82) is 0 Å². The van der Waals surface area contributed by atoms with E-state index in [4.69, 9.17) is 9.72 Å². The zero-order valence-corrected chi connectivity index (χ0v) is 18.6. The number of rotatable bonds is 4. The number of carbonyl (C=O) groups is 2. The minimum Gasteiger partial charge on any atom is -0.378 e. The normalized spacial score (nSPS) is 19.2. The van der Waals surface area contributed by atoms with Gasteiger partial charge in [-0.2, -0.15) is 0 Å². The number of para-hydroxylation sites is 2. The Hall–Kier alpha value is -3.19. The molecule has 2 amide bonds. The summed E-state index contributed by atoms with van der Waals surface area (Å²) in [5.74, 6) is 0.912. The summed E-state index contributed by atoms with van der Waals surface area (Å²) in [6.45, 7) is 7.27. The fraction of sp³-hybridized carbons (Fsp3) is 0.400. The lowest BCUT2D eigenvalue weighted by Gasteiger charge is -2.27. The number of hydrogen-bond donors (Lipinski definition) is 0. The molecule has 1 unspecified atom stereocenters. The molecule has 2 aliphatic rings. The number of nitrogens with zero attached hydrogens (tertiary/aromatic N) is 4. The summed E-state index contributed by atoms with van der Waals surface area (Å²) >= 11 is 0. The predicted molar refractivity (Wildman–Crippen MR) is 123 cm³/mol. The first kappa shape index (κ1) is 20.7. The molecule has 7 heteroatoms. The standard InChI is InChI=1S/C25H28N4O3/c1-17-7-8-21(18(2)13-17)28-15-19(14-23(28)30)25-26-20-5-3-4-6-22(20)29(25)16-24(31)27-9-11-32-12-10-27/h3-8,13,19H,9-12,14-16H2,1-2H3. The van der Waals surface area contributed by atoms with Crippen molar-refractivity contribution in [3.63, 3.8) is 0 Å². The highest BCUT2D eigenvalue weighted by Gasteiger charge is 2.36. The third kappa shape index (κ3) is 3.77. The maximum atomic E-state index is 13.0. The number of amides is 2. The van der Waals surface area contributed by atoms with Crippen LogP contribution in [0.25, 0.3) is 11.0 Å². The van der Waals surface area contributed by atoms with Crippen LogP contribution < -0.4 is 4.90 Å². The summed E-state index contributed by atoms with van der Waals surface area (Å²) < 4.78 is 7.40. The second-order valence-corrected chi connectivity index (χ2v) is 8.73. The van der Waals surface area contributed by atoms with E-state index in [9.17, 15) is 9.59 Å². The number of anilines is 1. The van der Waals surface area contributed by atoms with Gasteiger partial charge in [0, 0.05) is 37.7 Å². The zero-order valence-electron chi connectivity index (χ0n) is 18.6. The molecule has 0 saturated carbocycles. The third-order valence-corrected chi connectivity index (χ3v) is 6.47. The highest BCUT2D eigenvalue weighted by atomic mass is 16.5. The Bertz CT molecular complexity index is 1180. The Balaban J connectivity index is 1.46. The van der Waals surface area contributed by atoms with Gasteiger partial charge in [0.25, 0.3) is 0 Å². The van der Waals surface area contributed by atoms with Crippen molar-refractivity contribution in [2.75, 3.05) is 37.7 Å². The van der Waals surface area contributed by atoms with Crippen molar-refractivity contribution in [3.8, 4) is 0 Å². The predicted octanol–water partition coefficient (Wildman–Crippen LogP) is 3.03. The van der Waals surface area contributed by atoms with Crippen LogP contribution in [0.5, 0.6) is 0 Å². The number of aromatic nitrogens is 2. The summed E-state index contributed by atoms with van der Waals surface area (Å²) in [6.07, 6.45) is 0.391. The minimum atomic E-state index is -0.0620. The van der Waals surface area contributed by atoms with E-state index in [-0.39, 0.29) is 24.3 Å². The molecule has 166 valence electrons. The van der Waals surface area contributed by atoms with Gasteiger partial charge in [0.05, 0.1) is 24.2 Å². The summed E-state index contributed by atoms with van der Waals surface area (Å²) in [4.78, 5) is 34.6. The van der Waals surface area contributed by atoms with Gasteiger partial charge in [-0.1, -0.05) is 29.8 Å². The first-order valence-electron chi connectivity index (χ1n) is 11.2. The molecule has 0 N–H and O–H groups in total. The number of carbonyl (C=O) groups excluding carboxylic acids is 2. The van der Waals surface area contributed by atoms with Crippen LogP contribution in [0.3, 0.4) is 0 Å². The molecular weight excluding hydrogens is 404 g/mol. The van der Waals surface area contributed by atoms with Crippen molar-refractivity contribution in [2.45, 2.75) is 32.7 Å². The smallest absolute Gasteiger partial charge is 0.242 e. The van der Waals surface area contributed by atoms with E-state index in [0.717, 1.165) is 28.1 Å². The van der Waals surface area contributed by atoms with Crippen molar-refractivity contribution in [2.24, 2.45) is 0 Å². The molecule has 0 aliphatic carbocycles. The highest BCUT2D eigenvalue weighted by Crippen LogP contribution is 2.34. The van der Waals surface area contributed by atoms with Crippen molar-refractivity contribution in [1.82, 2.24) is 14.5 Å². The molecule has 0 radical (unpaired) electrons. The quantitative estimate of drug-likeness (QED) is 0.636. The Kier molecular flexibility index (Phi) is 5.43. The minimum absolute atomic E-state index is 0.0620. The Morgan fingerprint density at radius 3 is 2.69 bits per heavy atom. The van der Waals surface area contributed by atoms with Crippen LogP contribution in [-0.2, 0) is 20.9 Å². The fourth-order valence-corrected chi connectivity index (χ4v) is 4.84. The number of morpholine rings is 1. The van der Waals surface area contributed by atoms with Crippen molar-refractivity contribution in [3.05, 3.63) is 59.4 Å². The SMILES string of the molecule is Cc1ccc(N2CC(c3nc4ccccc4n3CC(=O)N3CCOCC3)CC2=O)c(C)c1. The average Bonchev–Trinajstić information content (AvgIpc) is 3.35. The monoisotopic (exact) mass is 432 g/mol. The molecule has 1 aromatic heterocycles. The lowest BCUT2D eigenvalue weighted by Crippen LogP contribution is -2.42. The van der Waals surface area contributed by atoms with Crippen LogP contribution in [0, 0.1) is 13.8 Å². The molecular formula is C25H28N4O3. The molecule has 3 aromatic rings. The Morgan fingerprint density at radius 1 is 1.12 bits per heavy atom. The highest BCUT2D eigenvalue weighted by molar-refractivity contribution is 5.97. The molecule has 7 nitrogen and oxygen atoms in total. The van der Waals surface area contributed by atoms with Gasteiger partial charge >= 0.3 is 0 Å². The van der Waals surface area contributed by atoms with Crippen molar-refractivity contribution < 1.29 is 14.3 Å². The lowest BCUT2D eigenvalue weighted by molar-refractivity contribution is -0.135. The molecule has 0 bridgehead atoms. The van der Waals surface area contributed by atoms with Crippen molar-refractivity contribution >= 4 is 28.5 Å². The van der Waals surface area contributed by atoms with Crippen LogP contribution in [0.2, 0.25) is 0 Å². The number of fused-ring (bicyclic) bond motifs is 1. The number of hydrogen-bond acceptors (Lipinski definition) is 4. The number of aryl methyl sites for hydroxylation is 2. The second kappa shape index (κ2) is 8.39. The van der Waals surface area contributed by atoms with E-state index >= 15 is 0 Å².